The van der Waals surface area contributed by atoms with Gasteiger partial charge in [0, 0.05) is 24.0 Å². The molecule has 0 atom stereocenters. The van der Waals surface area contributed by atoms with Crippen LogP contribution < -0.4 is 15.0 Å². The van der Waals surface area contributed by atoms with E-state index >= 15 is 0 Å². The SMILES string of the molecule is O=C(Nc1cccc(C(F)(F)F)c1)N1CCc2cc(Oc3cc(COCc4ccccc4)ncn3)ccc21. The third-order valence-corrected chi connectivity index (χ3v) is 5.92. The fraction of sp³-hybridized carbons (Fsp3) is 0.179. The summed E-state index contributed by atoms with van der Waals surface area (Å²) in [7, 11) is 0. The fourth-order valence-electron chi connectivity index (χ4n) is 4.10. The molecule has 1 aromatic heterocycles. The van der Waals surface area contributed by atoms with Crippen LogP contribution in [0.1, 0.15) is 22.4 Å². The van der Waals surface area contributed by atoms with Gasteiger partial charge in [-0.3, -0.25) is 4.90 Å². The normalized spacial score (nSPS) is 12.8. The van der Waals surface area contributed by atoms with Crippen molar-refractivity contribution in [3.63, 3.8) is 0 Å². The van der Waals surface area contributed by atoms with Crippen LogP contribution in [0.2, 0.25) is 0 Å². The van der Waals surface area contributed by atoms with E-state index in [9.17, 15) is 18.0 Å². The van der Waals surface area contributed by atoms with Gasteiger partial charge < -0.3 is 14.8 Å². The minimum absolute atomic E-state index is 0.0746. The number of carbonyl (C=O) groups excluding carboxylic acids is 1. The number of ether oxygens (including phenoxy) is 2. The highest BCUT2D eigenvalue weighted by atomic mass is 19.4. The Morgan fingerprint density at radius 3 is 2.61 bits per heavy atom. The van der Waals surface area contributed by atoms with Gasteiger partial charge in [0.05, 0.1) is 24.5 Å². The Labute approximate surface area is 216 Å². The lowest BCUT2D eigenvalue weighted by molar-refractivity contribution is -0.137. The Morgan fingerprint density at radius 2 is 1.79 bits per heavy atom. The van der Waals surface area contributed by atoms with Crippen LogP contribution in [0.5, 0.6) is 11.6 Å². The number of alkyl halides is 3. The van der Waals surface area contributed by atoms with Crippen molar-refractivity contribution in [1.29, 1.82) is 0 Å². The monoisotopic (exact) mass is 520 g/mol. The molecule has 4 aromatic rings. The smallest absolute Gasteiger partial charge is 0.416 e. The first-order valence-electron chi connectivity index (χ1n) is 11.8. The van der Waals surface area contributed by atoms with Crippen LogP contribution in [0.15, 0.2) is 85.2 Å². The molecule has 2 amide bonds. The summed E-state index contributed by atoms with van der Waals surface area (Å²) in [6, 6.07) is 20.8. The number of benzene rings is 3. The number of fused-ring (bicyclic) bond motifs is 1. The lowest BCUT2D eigenvalue weighted by Gasteiger charge is -2.19. The zero-order chi connectivity index (χ0) is 26.5. The van der Waals surface area contributed by atoms with Crippen molar-refractivity contribution >= 4 is 17.4 Å². The number of nitrogens with one attached hydrogen (secondary N) is 1. The van der Waals surface area contributed by atoms with Gasteiger partial charge in [-0.2, -0.15) is 13.2 Å². The van der Waals surface area contributed by atoms with Crippen LogP contribution in [0, 0.1) is 0 Å². The fourth-order valence-corrected chi connectivity index (χ4v) is 4.10. The quantitative estimate of drug-likeness (QED) is 0.297. The molecule has 3 aromatic carbocycles. The van der Waals surface area contributed by atoms with Gasteiger partial charge in [-0.1, -0.05) is 36.4 Å². The van der Waals surface area contributed by atoms with Gasteiger partial charge in [0.1, 0.15) is 12.1 Å². The topological polar surface area (TPSA) is 76.6 Å². The molecule has 0 spiro atoms. The predicted molar refractivity (Wildman–Crippen MR) is 135 cm³/mol. The molecule has 0 saturated carbocycles. The molecule has 0 radical (unpaired) electrons. The molecule has 0 unspecified atom stereocenters. The Hall–Kier alpha value is -4.44. The second-order valence-corrected chi connectivity index (χ2v) is 8.63. The second kappa shape index (κ2) is 10.9. The van der Waals surface area contributed by atoms with E-state index in [2.05, 4.69) is 15.3 Å². The highest BCUT2D eigenvalue weighted by molar-refractivity contribution is 6.03. The lowest BCUT2D eigenvalue weighted by Crippen LogP contribution is -2.33. The predicted octanol–water partition coefficient (Wildman–Crippen LogP) is 6.60. The van der Waals surface area contributed by atoms with E-state index in [1.165, 1.54) is 23.4 Å². The molecule has 2 heterocycles. The molecule has 0 saturated heterocycles. The molecule has 5 rings (SSSR count). The lowest BCUT2D eigenvalue weighted by atomic mass is 10.1. The molecule has 7 nitrogen and oxygen atoms in total. The summed E-state index contributed by atoms with van der Waals surface area (Å²) < 4.78 is 50.6. The van der Waals surface area contributed by atoms with Crippen molar-refractivity contribution in [3.8, 4) is 11.6 Å². The number of aromatic nitrogens is 2. The van der Waals surface area contributed by atoms with E-state index in [1.807, 2.05) is 36.4 Å². The average Bonchev–Trinajstić information content (AvgIpc) is 3.33. The van der Waals surface area contributed by atoms with E-state index < -0.39 is 17.8 Å². The van der Waals surface area contributed by atoms with Crippen molar-refractivity contribution < 1.29 is 27.4 Å². The Morgan fingerprint density at radius 1 is 0.947 bits per heavy atom. The van der Waals surface area contributed by atoms with E-state index in [-0.39, 0.29) is 5.69 Å². The van der Waals surface area contributed by atoms with Crippen molar-refractivity contribution in [2.75, 3.05) is 16.8 Å². The minimum Gasteiger partial charge on any atom is -0.439 e. The number of amides is 2. The number of hydrogen-bond acceptors (Lipinski definition) is 5. The summed E-state index contributed by atoms with van der Waals surface area (Å²) >= 11 is 0. The van der Waals surface area contributed by atoms with E-state index in [1.54, 1.807) is 18.2 Å². The average molecular weight is 521 g/mol. The number of anilines is 2. The third kappa shape index (κ3) is 6.09. The molecule has 0 aliphatic carbocycles. The second-order valence-electron chi connectivity index (χ2n) is 8.63. The van der Waals surface area contributed by atoms with E-state index in [0.29, 0.717) is 49.2 Å². The van der Waals surface area contributed by atoms with Gasteiger partial charge >= 0.3 is 12.2 Å². The zero-order valence-electron chi connectivity index (χ0n) is 20.1. The van der Waals surface area contributed by atoms with Crippen LogP contribution in [-0.4, -0.2) is 22.5 Å². The first kappa shape index (κ1) is 25.2. The number of rotatable bonds is 7. The summed E-state index contributed by atoms with van der Waals surface area (Å²) in [5.41, 5.74) is 2.53. The zero-order valence-corrected chi connectivity index (χ0v) is 20.1. The summed E-state index contributed by atoms with van der Waals surface area (Å²) in [4.78, 5) is 22.7. The molecule has 0 fully saturated rings. The van der Waals surface area contributed by atoms with Crippen LogP contribution in [0.3, 0.4) is 0 Å². The van der Waals surface area contributed by atoms with E-state index in [4.69, 9.17) is 9.47 Å². The molecule has 1 aliphatic heterocycles. The van der Waals surface area contributed by atoms with Crippen LogP contribution in [-0.2, 0) is 30.5 Å². The van der Waals surface area contributed by atoms with Gasteiger partial charge in [0.25, 0.3) is 0 Å². The first-order valence-corrected chi connectivity index (χ1v) is 11.8. The van der Waals surface area contributed by atoms with Gasteiger partial charge in [-0.05, 0) is 53.9 Å². The Balaban J connectivity index is 1.21. The maximum atomic E-state index is 13.0. The molecular formula is C28H23F3N4O3. The highest BCUT2D eigenvalue weighted by Gasteiger charge is 2.31. The summed E-state index contributed by atoms with van der Waals surface area (Å²) in [5, 5.41) is 2.55. The number of nitrogens with zero attached hydrogens (tertiary/aromatic N) is 3. The van der Waals surface area contributed by atoms with Crippen molar-refractivity contribution in [3.05, 3.63) is 108 Å². The molecular weight excluding hydrogens is 497 g/mol. The number of halogens is 3. The molecule has 10 heteroatoms. The van der Waals surface area contributed by atoms with Crippen LogP contribution in [0.4, 0.5) is 29.3 Å². The molecule has 38 heavy (non-hydrogen) atoms. The van der Waals surface area contributed by atoms with Gasteiger partial charge in [0.15, 0.2) is 0 Å². The molecule has 0 bridgehead atoms. The van der Waals surface area contributed by atoms with Gasteiger partial charge in [-0.25, -0.2) is 14.8 Å². The Bertz CT molecular complexity index is 1430. The molecule has 1 N–H and O–H groups in total. The maximum Gasteiger partial charge on any atom is 0.416 e. The minimum atomic E-state index is -4.49. The van der Waals surface area contributed by atoms with Crippen molar-refractivity contribution in [2.24, 2.45) is 0 Å². The first-order chi connectivity index (χ1) is 18.3. The third-order valence-electron chi connectivity index (χ3n) is 5.92. The maximum absolute atomic E-state index is 13.0. The summed E-state index contributed by atoms with van der Waals surface area (Å²) in [6.07, 6.45) is -2.51. The van der Waals surface area contributed by atoms with E-state index in [0.717, 1.165) is 23.3 Å². The van der Waals surface area contributed by atoms with Crippen LogP contribution in [0.25, 0.3) is 0 Å². The van der Waals surface area contributed by atoms with Crippen molar-refractivity contribution in [1.82, 2.24) is 9.97 Å². The van der Waals surface area contributed by atoms with Crippen LogP contribution >= 0.6 is 0 Å². The van der Waals surface area contributed by atoms with Gasteiger partial charge in [-0.15, -0.1) is 0 Å². The number of hydrogen-bond donors (Lipinski definition) is 1. The summed E-state index contributed by atoms with van der Waals surface area (Å²) in [6.45, 7) is 1.15. The van der Waals surface area contributed by atoms with Crippen molar-refractivity contribution in [2.45, 2.75) is 25.8 Å². The van der Waals surface area contributed by atoms with Gasteiger partial charge in [0.2, 0.25) is 5.88 Å². The highest BCUT2D eigenvalue weighted by Crippen LogP contribution is 2.34. The molecule has 1 aliphatic rings. The standard InChI is InChI=1S/C28H23F3N4O3/c29-28(30,31)21-7-4-8-22(14-21)34-27(36)35-12-11-20-13-24(9-10-25(20)35)38-26-15-23(32-18-33-26)17-37-16-19-5-2-1-3-6-19/h1-10,13-15,18H,11-12,16-17H2,(H,34,36). The molecule has 194 valence electrons. The largest absolute Gasteiger partial charge is 0.439 e. The summed E-state index contributed by atoms with van der Waals surface area (Å²) in [5.74, 6) is 0.897. The number of carbonyl (C=O) groups is 1. The number of urea groups is 1. The Kier molecular flexibility index (Phi) is 7.23.